The van der Waals surface area contributed by atoms with Crippen LogP contribution in [0.5, 0.6) is 0 Å². The Morgan fingerprint density at radius 3 is 1.43 bits per heavy atom. The van der Waals surface area contributed by atoms with Gasteiger partial charge in [0.05, 0.1) is 33.5 Å². The Kier molecular flexibility index (Phi) is 5.86. The molecule has 0 unspecified atom stereocenters. The summed E-state index contributed by atoms with van der Waals surface area (Å²) in [6.45, 7) is 0. The standard InChI is InChI=1S/C40H24N4/c41-25-31-17-18-32(26-42)40(44-37-15-7-5-13-35(37)36-14-6-8-16-38(36)44)39(31)43(33-21-19-27-9-1-3-11-29(27)23-33)34-22-20-28-10-2-4-12-30(28)24-34/h1-24H. The highest BCUT2D eigenvalue weighted by molar-refractivity contribution is 6.10. The monoisotopic (exact) mass is 560 g/mol. The van der Waals surface area contributed by atoms with Crippen molar-refractivity contribution in [2.45, 2.75) is 0 Å². The molecule has 0 spiro atoms. The summed E-state index contributed by atoms with van der Waals surface area (Å²) in [5.74, 6) is 0. The third kappa shape index (κ3) is 3.91. The maximum Gasteiger partial charge on any atom is 0.101 e. The van der Waals surface area contributed by atoms with Crippen molar-refractivity contribution in [3.8, 4) is 17.8 Å². The molecule has 0 saturated heterocycles. The maximum absolute atomic E-state index is 10.6. The lowest BCUT2D eigenvalue weighted by Crippen LogP contribution is -2.16. The van der Waals surface area contributed by atoms with Crippen LogP contribution in [0.25, 0.3) is 49.0 Å². The van der Waals surface area contributed by atoms with E-state index in [4.69, 9.17) is 0 Å². The van der Waals surface area contributed by atoms with Gasteiger partial charge in [-0.05, 0) is 70.1 Å². The first-order valence-electron chi connectivity index (χ1n) is 14.5. The largest absolute Gasteiger partial charge is 0.307 e. The van der Waals surface area contributed by atoms with Gasteiger partial charge in [0, 0.05) is 22.1 Å². The first-order valence-corrected chi connectivity index (χ1v) is 14.5. The molecule has 0 bridgehead atoms. The molecule has 1 aromatic heterocycles. The number of aromatic nitrogens is 1. The van der Waals surface area contributed by atoms with E-state index in [1.165, 1.54) is 0 Å². The summed E-state index contributed by atoms with van der Waals surface area (Å²) in [5.41, 5.74) is 6.02. The average Bonchev–Trinajstić information content (AvgIpc) is 3.42. The predicted molar refractivity (Wildman–Crippen MR) is 180 cm³/mol. The molecule has 0 atom stereocenters. The fraction of sp³-hybridized carbons (Fsp3) is 0. The second-order valence-corrected chi connectivity index (χ2v) is 10.8. The van der Waals surface area contributed by atoms with Gasteiger partial charge in [0.25, 0.3) is 0 Å². The van der Waals surface area contributed by atoms with Gasteiger partial charge >= 0.3 is 0 Å². The van der Waals surface area contributed by atoms with Crippen molar-refractivity contribution in [1.82, 2.24) is 4.57 Å². The predicted octanol–water partition coefficient (Wildman–Crippen LogP) is 10.3. The van der Waals surface area contributed by atoms with Crippen molar-refractivity contribution < 1.29 is 0 Å². The van der Waals surface area contributed by atoms with Crippen LogP contribution in [0.2, 0.25) is 0 Å². The van der Waals surface area contributed by atoms with Gasteiger partial charge in [-0.1, -0.05) is 97.1 Å². The van der Waals surface area contributed by atoms with Gasteiger partial charge in [0.2, 0.25) is 0 Å². The Bertz CT molecular complexity index is 2360. The topological polar surface area (TPSA) is 55.8 Å². The molecule has 204 valence electrons. The molecule has 0 amide bonds. The van der Waals surface area contributed by atoms with E-state index in [0.717, 1.165) is 54.7 Å². The maximum atomic E-state index is 10.6. The average molecular weight is 561 g/mol. The van der Waals surface area contributed by atoms with E-state index < -0.39 is 0 Å². The van der Waals surface area contributed by atoms with Gasteiger partial charge in [-0.25, -0.2) is 0 Å². The van der Waals surface area contributed by atoms with Gasteiger partial charge in [0.1, 0.15) is 12.1 Å². The van der Waals surface area contributed by atoms with Crippen molar-refractivity contribution in [3.05, 3.63) is 157 Å². The highest BCUT2D eigenvalue weighted by Crippen LogP contribution is 2.45. The van der Waals surface area contributed by atoms with Crippen LogP contribution < -0.4 is 4.90 Å². The Balaban J connectivity index is 1.54. The van der Waals surface area contributed by atoms with E-state index in [9.17, 15) is 10.5 Å². The molecule has 44 heavy (non-hydrogen) atoms. The quantitative estimate of drug-likeness (QED) is 0.215. The number of hydrogen-bond acceptors (Lipinski definition) is 3. The third-order valence-corrected chi connectivity index (χ3v) is 8.40. The van der Waals surface area contributed by atoms with Crippen LogP contribution in [-0.4, -0.2) is 4.57 Å². The zero-order chi connectivity index (χ0) is 29.6. The lowest BCUT2D eigenvalue weighted by molar-refractivity contribution is 1.13. The normalized spacial score (nSPS) is 11.1. The molecular formula is C40H24N4. The number of benzene rings is 7. The van der Waals surface area contributed by atoms with E-state index in [2.05, 4.69) is 107 Å². The van der Waals surface area contributed by atoms with Crippen LogP contribution in [0, 0.1) is 22.7 Å². The first-order chi connectivity index (χ1) is 21.7. The fourth-order valence-electron chi connectivity index (χ4n) is 6.42. The Labute approximate surface area is 254 Å². The van der Waals surface area contributed by atoms with Crippen LogP contribution in [0.3, 0.4) is 0 Å². The van der Waals surface area contributed by atoms with Gasteiger partial charge in [-0.2, -0.15) is 10.5 Å². The minimum Gasteiger partial charge on any atom is -0.307 e. The summed E-state index contributed by atoms with van der Waals surface area (Å²) < 4.78 is 2.15. The number of para-hydroxylation sites is 2. The molecule has 1 heterocycles. The number of fused-ring (bicyclic) bond motifs is 5. The summed E-state index contributed by atoms with van der Waals surface area (Å²) in [4.78, 5) is 2.14. The summed E-state index contributed by atoms with van der Waals surface area (Å²) in [5, 5.41) is 27.8. The molecule has 4 nitrogen and oxygen atoms in total. The number of rotatable bonds is 4. The molecule has 8 aromatic rings. The lowest BCUT2D eigenvalue weighted by atomic mass is 10.0. The van der Waals surface area contributed by atoms with E-state index in [0.29, 0.717) is 22.5 Å². The van der Waals surface area contributed by atoms with Crippen LogP contribution in [-0.2, 0) is 0 Å². The van der Waals surface area contributed by atoms with Gasteiger partial charge in [0.15, 0.2) is 0 Å². The highest BCUT2D eigenvalue weighted by atomic mass is 15.2. The SMILES string of the molecule is N#Cc1ccc(C#N)c(-n2c3ccccc3c3ccccc32)c1N(c1ccc2ccccc2c1)c1ccc2ccccc2c1. The van der Waals surface area contributed by atoms with E-state index in [1.54, 1.807) is 12.1 Å². The van der Waals surface area contributed by atoms with Crippen molar-refractivity contribution in [1.29, 1.82) is 10.5 Å². The fourth-order valence-corrected chi connectivity index (χ4v) is 6.42. The summed E-state index contributed by atoms with van der Waals surface area (Å²) in [7, 11) is 0. The Morgan fingerprint density at radius 2 is 0.909 bits per heavy atom. The molecule has 7 aromatic carbocycles. The van der Waals surface area contributed by atoms with Crippen molar-refractivity contribution in [2.75, 3.05) is 4.90 Å². The third-order valence-electron chi connectivity index (χ3n) is 8.40. The van der Waals surface area contributed by atoms with Crippen LogP contribution in [0.4, 0.5) is 17.1 Å². The molecule has 8 rings (SSSR count). The van der Waals surface area contributed by atoms with E-state index in [-0.39, 0.29) is 0 Å². The summed E-state index contributed by atoms with van der Waals surface area (Å²) in [6.07, 6.45) is 0. The minimum atomic E-state index is 0.474. The van der Waals surface area contributed by atoms with Crippen molar-refractivity contribution in [3.63, 3.8) is 0 Å². The number of nitriles is 2. The number of hydrogen-bond donors (Lipinski definition) is 0. The molecule has 4 heteroatoms. The number of nitrogens with zero attached hydrogens (tertiary/aromatic N) is 4. The molecule has 0 aliphatic rings. The summed E-state index contributed by atoms with van der Waals surface area (Å²) in [6, 6.07) is 54.2. The van der Waals surface area contributed by atoms with Crippen LogP contribution >= 0.6 is 0 Å². The second-order valence-electron chi connectivity index (χ2n) is 10.8. The smallest absolute Gasteiger partial charge is 0.101 e. The van der Waals surface area contributed by atoms with Crippen molar-refractivity contribution >= 4 is 60.4 Å². The zero-order valence-corrected chi connectivity index (χ0v) is 23.6. The Hall–Kier alpha value is -6.36. The second kappa shape index (κ2) is 10.2. The molecule has 0 radical (unpaired) electrons. The van der Waals surface area contributed by atoms with Crippen LogP contribution in [0.1, 0.15) is 11.1 Å². The molecule has 0 N–H and O–H groups in total. The van der Waals surface area contributed by atoms with Gasteiger partial charge in [-0.3, -0.25) is 0 Å². The molecule has 0 aliphatic carbocycles. The van der Waals surface area contributed by atoms with Gasteiger partial charge in [-0.15, -0.1) is 0 Å². The van der Waals surface area contributed by atoms with E-state index in [1.807, 2.05) is 48.5 Å². The molecular weight excluding hydrogens is 536 g/mol. The minimum absolute atomic E-state index is 0.474. The lowest BCUT2D eigenvalue weighted by Gasteiger charge is -2.30. The molecule has 0 saturated carbocycles. The van der Waals surface area contributed by atoms with E-state index >= 15 is 0 Å². The van der Waals surface area contributed by atoms with Crippen molar-refractivity contribution in [2.24, 2.45) is 0 Å². The Morgan fingerprint density at radius 1 is 0.455 bits per heavy atom. The number of anilines is 3. The van der Waals surface area contributed by atoms with Crippen LogP contribution in [0.15, 0.2) is 146 Å². The van der Waals surface area contributed by atoms with Gasteiger partial charge < -0.3 is 9.47 Å². The molecule has 0 fully saturated rings. The highest BCUT2D eigenvalue weighted by Gasteiger charge is 2.26. The summed E-state index contributed by atoms with van der Waals surface area (Å²) >= 11 is 0. The molecule has 0 aliphatic heterocycles. The zero-order valence-electron chi connectivity index (χ0n) is 23.6. The first kappa shape index (κ1) is 25.4.